The molecular formula is C43H82O5. The van der Waals surface area contributed by atoms with Crippen molar-refractivity contribution in [2.45, 2.75) is 238 Å². The molecule has 1 atom stereocenters. The number of carbonyl (C=O) groups excluding carboxylic acids is 2. The number of rotatable bonds is 39. The topological polar surface area (TPSA) is 72.8 Å². The molecule has 0 radical (unpaired) electrons. The summed E-state index contributed by atoms with van der Waals surface area (Å²) in [5, 5.41) is 9.56. The van der Waals surface area contributed by atoms with E-state index in [-0.39, 0.29) is 25.2 Å². The van der Waals surface area contributed by atoms with Crippen LogP contribution in [-0.2, 0) is 19.1 Å². The minimum absolute atomic E-state index is 0.0613. The zero-order valence-electron chi connectivity index (χ0n) is 32.3. The first-order valence-electron chi connectivity index (χ1n) is 21.2. The van der Waals surface area contributed by atoms with E-state index in [4.69, 9.17) is 9.47 Å². The second-order valence-electron chi connectivity index (χ2n) is 14.4. The molecule has 0 fully saturated rings. The van der Waals surface area contributed by atoms with E-state index in [1.165, 1.54) is 173 Å². The molecule has 0 spiro atoms. The van der Waals surface area contributed by atoms with E-state index < -0.39 is 6.10 Å². The van der Waals surface area contributed by atoms with Gasteiger partial charge in [-0.2, -0.15) is 0 Å². The monoisotopic (exact) mass is 679 g/mol. The maximum absolute atomic E-state index is 12.2. The van der Waals surface area contributed by atoms with Crippen LogP contribution in [0, 0.1) is 0 Å². The molecule has 0 aliphatic heterocycles. The van der Waals surface area contributed by atoms with E-state index in [9.17, 15) is 14.7 Å². The lowest BCUT2D eigenvalue weighted by molar-refractivity contribution is -0.161. The lowest BCUT2D eigenvalue weighted by Crippen LogP contribution is -2.28. The van der Waals surface area contributed by atoms with Crippen LogP contribution in [0.1, 0.15) is 232 Å². The van der Waals surface area contributed by atoms with E-state index in [0.29, 0.717) is 12.8 Å². The van der Waals surface area contributed by atoms with Gasteiger partial charge in [-0.05, 0) is 38.5 Å². The first-order valence-corrected chi connectivity index (χ1v) is 21.2. The van der Waals surface area contributed by atoms with Gasteiger partial charge in [0.05, 0.1) is 6.61 Å². The minimum atomic E-state index is -0.767. The molecule has 0 unspecified atom stereocenters. The highest BCUT2D eigenvalue weighted by Crippen LogP contribution is 2.16. The van der Waals surface area contributed by atoms with Gasteiger partial charge in [0, 0.05) is 12.8 Å². The molecule has 48 heavy (non-hydrogen) atoms. The number of aliphatic hydroxyl groups excluding tert-OH is 1. The summed E-state index contributed by atoms with van der Waals surface area (Å²) in [6.07, 6.45) is 45.6. The van der Waals surface area contributed by atoms with Crippen LogP contribution in [-0.4, -0.2) is 36.4 Å². The van der Waals surface area contributed by atoms with Crippen molar-refractivity contribution in [3.8, 4) is 0 Å². The molecule has 0 aromatic rings. The third-order valence-electron chi connectivity index (χ3n) is 9.56. The van der Waals surface area contributed by atoms with Crippen molar-refractivity contribution in [1.82, 2.24) is 0 Å². The first kappa shape index (κ1) is 46.6. The van der Waals surface area contributed by atoms with Crippen molar-refractivity contribution in [3.05, 3.63) is 12.2 Å². The summed E-state index contributed by atoms with van der Waals surface area (Å²) in [5.74, 6) is -0.583. The van der Waals surface area contributed by atoms with Gasteiger partial charge < -0.3 is 14.6 Å². The van der Waals surface area contributed by atoms with Crippen LogP contribution in [0.2, 0.25) is 0 Å². The average molecular weight is 679 g/mol. The largest absolute Gasteiger partial charge is 0.462 e. The van der Waals surface area contributed by atoms with E-state index in [0.717, 1.165) is 32.1 Å². The van der Waals surface area contributed by atoms with Crippen molar-refractivity contribution in [2.24, 2.45) is 0 Å². The number of hydrogen-bond donors (Lipinski definition) is 1. The van der Waals surface area contributed by atoms with Gasteiger partial charge in [0.15, 0.2) is 6.10 Å². The van der Waals surface area contributed by atoms with Gasteiger partial charge in [0.1, 0.15) is 6.61 Å². The number of hydrogen-bond acceptors (Lipinski definition) is 5. The smallest absolute Gasteiger partial charge is 0.306 e. The minimum Gasteiger partial charge on any atom is -0.462 e. The number of unbranched alkanes of at least 4 members (excludes halogenated alkanes) is 29. The van der Waals surface area contributed by atoms with Crippen LogP contribution in [0.3, 0.4) is 0 Å². The standard InChI is InChI=1S/C43H82O5/c1-3-5-7-9-11-13-15-17-19-20-21-22-24-25-27-29-31-33-35-37-42(45)47-40-41(39-44)48-43(46)38-36-34-32-30-28-26-23-18-16-14-12-10-8-6-4-2/h14,16,41,44H,3-13,15,17-40H2,1-2H3/b16-14-/t41-/m0/s1. The zero-order chi connectivity index (χ0) is 35.0. The summed E-state index contributed by atoms with van der Waals surface area (Å²) in [6.45, 7) is 4.15. The summed E-state index contributed by atoms with van der Waals surface area (Å²) in [6, 6.07) is 0. The van der Waals surface area contributed by atoms with Gasteiger partial charge in [-0.25, -0.2) is 0 Å². The second kappa shape index (κ2) is 40.1. The predicted octanol–water partition coefficient (Wildman–Crippen LogP) is 13.3. The molecule has 0 aromatic carbocycles. The van der Waals surface area contributed by atoms with E-state index in [1.54, 1.807) is 0 Å². The van der Waals surface area contributed by atoms with E-state index in [1.807, 2.05) is 0 Å². The molecule has 0 aliphatic rings. The highest BCUT2D eigenvalue weighted by Gasteiger charge is 2.16. The Hall–Kier alpha value is -1.36. The Morgan fingerprint density at radius 2 is 0.771 bits per heavy atom. The lowest BCUT2D eigenvalue weighted by atomic mass is 10.0. The van der Waals surface area contributed by atoms with Crippen molar-refractivity contribution < 1.29 is 24.2 Å². The third-order valence-corrected chi connectivity index (χ3v) is 9.56. The molecule has 0 amide bonds. The van der Waals surface area contributed by atoms with Gasteiger partial charge in [-0.15, -0.1) is 0 Å². The van der Waals surface area contributed by atoms with E-state index in [2.05, 4.69) is 26.0 Å². The Kier molecular flexibility index (Phi) is 38.9. The number of esters is 2. The van der Waals surface area contributed by atoms with Crippen LogP contribution < -0.4 is 0 Å². The molecule has 1 N–H and O–H groups in total. The number of allylic oxidation sites excluding steroid dienone is 2. The molecule has 0 saturated heterocycles. The maximum atomic E-state index is 12.2. The van der Waals surface area contributed by atoms with Crippen molar-refractivity contribution in [1.29, 1.82) is 0 Å². The highest BCUT2D eigenvalue weighted by atomic mass is 16.6. The summed E-state index contributed by atoms with van der Waals surface area (Å²) < 4.78 is 10.6. The summed E-state index contributed by atoms with van der Waals surface area (Å²) >= 11 is 0. The Labute approximate surface area is 299 Å². The first-order chi connectivity index (χ1) is 23.6. The SMILES string of the molecule is CCCCCC/C=C\CCCCCCCCCC(=O)O[C@@H](CO)COC(=O)CCCCCCCCCCCCCCCCCCCCC. The van der Waals surface area contributed by atoms with Crippen molar-refractivity contribution in [2.75, 3.05) is 13.2 Å². The summed E-state index contributed by atoms with van der Waals surface area (Å²) in [7, 11) is 0. The molecule has 0 bridgehead atoms. The fourth-order valence-electron chi connectivity index (χ4n) is 6.31. The van der Waals surface area contributed by atoms with Crippen molar-refractivity contribution in [3.63, 3.8) is 0 Å². The molecule has 5 nitrogen and oxygen atoms in total. The summed E-state index contributed by atoms with van der Waals surface area (Å²) in [4.78, 5) is 24.3. The number of carbonyl (C=O) groups is 2. The number of ether oxygens (including phenoxy) is 2. The van der Waals surface area contributed by atoms with Crippen LogP contribution in [0.25, 0.3) is 0 Å². The molecule has 284 valence electrons. The molecule has 0 rings (SSSR count). The Balaban J connectivity index is 3.49. The molecule has 5 heteroatoms. The van der Waals surface area contributed by atoms with E-state index >= 15 is 0 Å². The Morgan fingerprint density at radius 3 is 1.15 bits per heavy atom. The average Bonchev–Trinajstić information content (AvgIpc) is 3.09. The molecular weight excluding hydrogens is 596 g/mol. The normalized spacial score (nSPS) is 12.1. The fraction of sp³-hybridized carbons (Fsp3) is 0.907. The summed E-state index contributed by atoms with van der Waals surface area (Å²) in [5.41, 5.74) is 0. The fourth-order valence-corrected chi connectivity index (χ4v) is 6.31. The quantitative estimate of drug-likeness (QED) is 0.0398. The predicted molar refractivity (Wildman–Crippen MR) is 205 cm³/mol. The number of aliphatic hydroxyl groups is 1. The van der Waals surface area contributed by atoms with Crippen LogP contribution >= 0.6 is 0 Å². The van der Waals surface area contributed by atoms with Crippen LogP contribution in [0.15, 0.2) is 12.2 Å². The van der Waals surface area contributed by atoms with Crippen LogP contribution in [0.5, 0.6) is 0 Å². The van der Waals surface area contributed by atoms with Gasteiger partial charge in [-0.1, -0.05) is 193 Å². The molecule has 0 heterocycles. The van der Waals surface area contributed by atoms with Gasteiger partial charge >= 0.3 is 11.9 Å². The molecule has 0 aromatic heterocycles. The lowest BCUT2D eigenvalue weighted by Gasteiger charge is -2.15. The zero-order valence-corrected chi connectivity index (χ0v) is 32.3. The molecule has 0 saturated carbocycles. The van der Waals surface area contributed by atoms with Crippen molar-refractivity contribution >= 4 is 11.9 Å². The van der Waals surface area contributed by atoms with Gasteiger partial charge in [-0.3, -0.25) is 9.59 Å². The molecule has 0 aliphatic carbocycles. The van der Waals surface area contributed by atoms with Gasteiger partial charge in [0.25, 0.3) is 0 Å². The maximum Gasteiger partial charge on any atom is 0.306 e. The Morgan fingerprint density at radius 1 is 0.458 bits per heavy atom. The third kappa shape index (κ3) is 37.5. The highest BCUT2D eigenvalue weighted by molar-refractivity contribution is 5.70. The second-order valence-corrected chi connectivity index (χ2v) is 14.4. The van der Waals surface area contributed by atoms with Crippen LogP contribution in [0.4, 0.5) is 0 Å². The Bertz CT molecular complexity index is 691. The van der Waals surface area contributed by atoms with Gasteiger partial charge in [0.2, 0.25) is 0 Å².